The van der Waals surface area contributed by atoms with Crippen molar-refractivity contribution in [3.05, 3.63) is 77.8 Å². The van der Waals surface area contributed by atoms with Crippen molar-refractivity contribution in [1.82, 2.24) is 40.4 Å². The lowest BCUT2D eigenvalue weighted by atomic mass is 9.81. The van der Waals surface area contributed by atoms with Crippen LogP contribution >= 0.6 is 11.6 Å². The minimum absolute atomic E-state index is 0.0388. The number of carbonyl (C=O) groups is 4. The minimum Gasteiger partial charge on any atom is -0.465 e. The number of sulfonamides is 1. The lowest BCUT2D eigenvalue weighted by molar-refractivity contribution is -0.130. The first kappa shape index (κ1) is 44.0. The van der Waals surface area contributed by atoms with Gasteiger partial charge in [0, 0.05) is 67.2 Å². The minimum atomic E-state index is -3.97. The Morgan fingerprint density at radius 2 is 1.67 bits per heavy atom. The van der Waals surface area contributed by atoms with Gasteiger partial charge in [-0.05, 0) is 118 Å². The summed E-state index contributed by atoms with van der Waals surface area (Å²) >= 11 is 5.89. The van der Waals surface area contributed by atoms with Crippen molar-refractivity contribution < 1.29 is 37.4 Å². The van der Waals surface area contributed by atoms with E-state index in [2.05, 4.69) is 40.8 Å². The van der Waals surface area contributed by atoms with Gasteiger partial charge in [-0.25, -0.2) is 27.8 Å². The zero-order valence-electron chi connectivity index (χ0n) is 33.6. The van der Waals surface area contributed by atoms with Crippen molar-refractivity contribution in [1.29, 1.82) is 0 Å². The number of hydrogen-bond acceptors (Lipinski definition) is 10. The summed E-state index contributed by atoms with van der Waals surface area (Å²) < 4.78 is 34.8. The maximum absolute atomic E-state index is 14.0. The van der Waals surface area contributed by atoms with E-state index in [4.69, 9.17) is 16.3 Å². The number of ether oxygens (including phenoxy) is 1. The van der Waals surface area contributed by atoms with Crippen LogP contribution in [-0.4, -0.2) is 99.9 Å². The van der Waals surface area contributed by atoms with Gasteiger partial charge < -0.3 is 30.7 Å². The molecule has 2 fully saturated rings. The quantitative estimate of drug-likeness (QED) is 0.0967. The van der Waals surface area contributed by atoms with Crippen LogP contribution in [0.25, 0.3) is 22.5 Å². The zero-order valence-corrected chi connectivity index (χ0v) is 35.2. The summed E-state index contributed by atoms with van der Waals surface area (Å²) in [5.41, 5.74) is 2.45. The third kappa shape index (κ3) is 12.2. The molecule has 1 aliphatic carbocycles. The number of anilines is 1. The highest BCUT2D eigenvalue weighted by atomic mass is 35.5. The number of amides is 4. The smallest absolute Gasteiger partial charge is 0.407 e. The van der Waals surface area contributed by atoms with E-state index in [-0.39, 0.29) is 47.4 Å². The summed E-state index contributed by atoms with van der Waals surface area (Å²) in [5.74, 6) is -0.426. The SMILES string of the molecule is CC(C)(C)OC(=O)NCC1CCC(C(=O)N[C@@H](Cc2cccc(-c3cncc(S(=O)(=O)NC4CCN(C(=O)O)CC4)c3)c2)C(=O)Nc2ccc(-c3n[nH]c(Cl)n3)cc2)CC1. The van der Waals surface area contributed by atoms with Gasteiger partial charge in [0.05, 0.1) is 0 Å². The Morgan fingerprint density at radius 3 is 2.32 bits per heavy atom. The molecular weight excluding hydrogens is 814 g/mol. The van der Waals surface area contributed by atoms with Crippen LogP contribution in [-0.2, 0) is 30.8 Å². The Kier molecular flexibility index (Phi) is 14.1. The topological polar surface area (TPSA) is 238 Å². The van der Waals surface area contributed by atoms with Gasteiger partial charge in [-0.2, -0.15) is 10.1 Å². The number of alkyl carbamates (subject to hydrolysis) is 1. The number of piperidine rings is 1. The number of carboxylic acid groups (broad SMARTS) is 1. The lowest BCUT2D eigenvalue weighted by Crippen LogP contribution is -2.48. The molecule has 1 saturated carbocycles. The number of halogens is 1. The summed E-state index contributed by atoms with van der Waals surface area (Å²) in [5, 5.41) is 24.8. The summed E-state index contributed by atoms with van der Waals surface area (Å²) in [4.78, 5) is 60.8. The van der Waals surface area contributed by atoms with E-state index in [1.54, 1.807) is 63.4 Å². The number of rotatable bonds is 13. The molecule has 320 valence electrons. The van der Waals surface area contributed by atoms with Crippen LogP contribution in [0.4, 0.5) is 15.3 Å². The molecule has 1 saturated heterocycles. The van der Waals surface area contributed by atoms with Gasteiger partial charge in [0.2, 0.25) is 27.1 Å². The Labute approximate surface area is 353 Å². The number of aromatic amines is 1. The predicted molar refractivity (Wildman–Crippen MR) is 223 cm³/mol. The molecule has 2 aliphatic rings. The van der Waals surface area contributed by atoms with E-state index in [0.717, 1.165) is 12.8 Å². The number of pyridine rings is 1. The van der Waals surface area contributed by atoms with Gasteiger partial charge in [0.15, 0.2) is 5.82 Å². The predicted octanol–water partition coefficient (Wildman–Crippen LogP) is 5.60. The second kappa shape index (κ2) is 19.2. The van der Waals surface area contributed by atoms with Gasteiger partial charge in [-0.15, -0.1) is 0 Å². The second-order valence-electron chi connectivity index (χ2n) is 16.2. The Hall–Kier alpha value is -5.59. The number of carbonyl (C=O) groups excluding carboxylic acids is 3. The molecule has 2 aromatic carbocycles. The van der Waals surface area contributed by atoms with E-state index >= 15 is 0 Å². The van der Waals surface area contributed by atoms with Gasteiger partial charge >= 0.3 is 12.2 Å². The average Bonchev–Trinajstić information content (AvgIpc) is 3.66. The molecule has 17 nitrogen and oxygen atoms in total. The van der Waals surface area contributed by atoms with Crippen molar-refractivity contribution in [2.24, 2.45) is 11.8 Å². The van der Waals surface area contributed by atoms with Crippen LogP contribution in [0.1, 0.15) is 64.9 Å². The first-order valence-corrected chi connectivity index (χ1v) is 21.7. The van der Waals surface area contributed by atoms with E-state index in [0.29, 0.717) is 66.0 Å². The summed E-state index contributed by atoms with van der Waals surface area (Å²) in [6.45, 7) is 6.32. The maximum Gasteiger partial charge on any atom is 0.407 e. The molecule has 0 unspecified atom stereocenters. The van der Waals surface area contributed by atoms with Crippen LogP contribution in [0, 0.1) is 11.8 Å². The molecule has 0 radical (unpaired) electrons. The molecule has 1 atom stereocenters. The zero-order chi connectivity index (χ0) is 43.0. The number of aromatic nitrogens is 4. The molecule has 60 heavy (non-hydrogen) atoms. The van der Waals surface area contributed by atoms with Crippen LogP contribution < -0.4 is 20.7 Å². The Morgan fingerprint density at radius 1 is 0.950 bits per heavy atom. The number of nitrogens with one attached hydrogen (secondary N) is 5. The normalized spacial score (nSPS) is 18.0. The number of benzene rings is 2. The molecule has 1 aliphatic heterocycles. The molecule has 2 aromatic heterocycles. The van der Waals surface area contributed by atoms with Crippen LogP contribution in [0.3, 0.4) is 0 Å². The first-order valence-electron chi connectivity index (χ1n) is 19.8. The van der Waals surface area contributed by atoms with Crippen molar-refractivity contribution in [2.75, 3.05) is 25.0 Å². The molecule has 4 aromatic rings. The largest absolute Gasteiger partial charge is 0.465 e. The first-order chi connectivity index (χ1) is 28.5. The van der Waals surface area contributed by atoms with Gasteiger partial charge in [-0.1, -0.05) is 24.3 Å². The van der Waals surface area contributed by atoms with E-state index in [1.165, 1.54) is 17.2 Å². The molecule has 19 heteroatoms. The van der Waals surface area contributed by atoms with Crippen molar-refractivity contribution in [2.45, 2.75) is 88.3 Å². The van der Waals surface area contributed by atoms with Crippen LogP contribution in [0.2, 0.25) is 5.28 Å². The fraction of sp³-hybridized carbons (Fsp3) is 0.439. The van der Waals surface area contributed by atoms with E-state index in [9.17, 15) is 32.7 Å². The summed E-state index contributed by atoms with van der Waals surface area (Å²) in [7, 11) is -3.97. The molecular formula is C41H50ClN9O8S. The monoisotopic (exact) mass is 863 g/mol. The van der Waals surface area contributed by atoms with Crippen LogP contribution in [0.5, 0.6) is 0 Å². The summed E-state index contributed by atoms with van der Waals surface area (Å²) in [6, 6.07) is 14.2. The van der Waals surface area contributed by atoms with Crippen molar-refractivity contribution >= 4 is 51.3 Å². The third-order valence-corrected chi connectivity index (χ3v) is 12.1. The molecule has 0 spiro atoms. The standard InChI is InChI=1S/C41H50ClN9O8S/c1-41(2,3)59-39(54)44-22-25-7-9-28(10-8-25)36(52)46-34(37(53)45-31-13-11-27(12-14-31)35-47-38(42)49-48-35)20-26-5-4-6-29(19-26)30-21-33(24-43-23-30)60(57,58)50-32-15-17-51(18-16-32)40(55)56/h4-6,11-14,19,21,23-25,28,32,34,50H,7-10,15-18,20,22H2,1-3H3,(H,44,54)(H,45,53)(H,46,52)(H,55,56)(H,47,48,49)/t25?,28?,34-/m0/s1. The number of nitrogens with zero attached hydrogens (tertiary/aromatic N) is 4. The number of likely N-dealkylation sites (tertiary alicyclic amines) is 1. The van der Waals surface area contributed by atoms with Gasteiger partial charge in [-0.3, -0.25) is 14.6 Å². The average molecular weight is 864 g/mol. The van der Waals surface area contributed by atoms with Gasteiger partial charge in [0.1, 0.15) is 16.5 Å². The van der Waals surface area contributed by atoms with E-state index < -0.39 is 45.8 Å². The number of H-pyrrole nitrogens is 1. The van der Waals surface area contributed by atoms with Crippen LogP contribution in [0.15, 0.2) is 71.9 Å². The molecule has 6 N–H and O–H groups in total. The van der Waals surface area contributed by atoms with Crippen molar-refractivity contribution in [3.63, 3.8) is 0 Å². The third-order valence-electron chi connectivity index (χ3n) is 10.5. The lowest BCUT2D eigenvalue weighted by Gasteiger charge is -2.30. The Bertz CT molecular complexity index is 2270. The fourth-order valence-corrected chi connectivity index (χ4v) is 8.70. The van der Waals surface area contributed by atoms with Crippen molar-refractivity contribution in [3.8, 4) is 22.5 Å². The summed E-state index contributed by atoms with van der Waals surface area (Å²) in [6.07, 6.45) is 4.74. The van der Waals surface area contributed by atoms with E-state index in [1.807, 2.05) is 12.1 Å². The molecule has 0 bridgehead atoms. The maximum atomic E-state index is 14.0. The fourth-order valence-electron chi connectivity index (χ4n) is 7.29. The molecule has 4 amide bonds. The van der Waals surface area contributed by atoms with Gasteiger partial charge in [0.25, 0.3) is 0 Å². The second-order valence-corrected chi connectivity index (χ2v) is 18.2. The molecule has 3 heterocycles. The Balaban J connectivity index is 1.14. The highest BCUT2D eigenvalue weighted by Crippen LogP contribution is 2.30. The highest BCUT2D eigenvalue weighted by molar-refractivity contribution is 7.89. The highest BCUT2D eigenvalue weighted by Gasteiger charge is 2.31. The number of hydrogen-bond donors (Lipinski definition) is 6. The molecule has 6 rings (SSSR count).